The number of halogens is 3. The summed E-state index contributed by atoms with van der Waals surface area (Å²) in [4.78, 5) is 0. The van der Waals surface area contributed by atoms with Crippen LogP contribution in [0.1, 0.15) is 72.5 Å². The number of benzene rings is 1. The topological polar surface area (TPSA) is 18.5 Å². The van der Waals surface area contributed by atoms with E-state index in [1.165, 1.54) is 0 Å². The summed E-state index contributed by atoms with van der Waals surface area (Å²) in [5.74, 6) is 0.129. The first-order chi connectivity index (χ1) is 12.6. The van der Waals surface area contributed by atoms with Crippen LogP contribution in [0.5, 0.6) is 5.75 Å². The maximum absolute atomic E-state index is 12.9. The van der Waals surface area contributed by atoms with E-state index in [1.54, 1.807) is 18.2 Å². The summed E-state index contributed by atoms with van der Waals surface area (Å²) >= 11 is 6.45. The molecule has 0 amide bonds. The molecular formula is C21H35ClF2O2Si. The van der Waals surface area contributed by atoms with Crippen molar-refractivity contribution in [2.75, 3.05) is 0 Å². The van der Waals surface area contributed by atoms with E-state index in [0.717, 1.165) is 37.4 Å². The molecule has 0 aliphatic carbocycles. The molecule has 1 rings (SSSR count). The minimum atomic E-state index is -2.89. The Balaban J connectivity index is 3.24. The van der Waals surface area contributed by atoms with Gasteiger partial charge in [0.15, 0.2) is 8.32 Å². The summed E-state index contributed by atoms with van der Waals surface area (Å²) in [6, 6.07) is 7.89. The third-order valence-corrected chi connectivity index (χ3v) is 10.2. The first-order valence-electron chi connectivity index (χ1n) is 9.98. The molecule has 0 spiro atoms. The summed E-state index contributed by atoms with van der Waals surface area (Å²) in [6.07, 6.45) is 2.40. The van der Waals surface area contributed by atoms with Crippen LogP contribution in [-0.2, 0) is 4.43 Å². The lowest BCUT2D eigenvalue weighted by atomic mass is 9.88. The number of alkyl halides is 2. The van der Waals surface area contributed by atoms with Gasteiger partial charge in [0.25, 0.3) is 0 Å². The fourth-order valence-electron chi connectivity index (χ4n) is 3.41. The van der Waals surface area contributed by atoms with Gasteiger partial charge in [-0.15, -0.1) is 0 Å². The second-order valence-corrected chi connectivity index (χ2v) is 13.5. The molecule has 0 radical (unpaired) electrons. The van der Waals surface area contributed by atoms with Crippen molar-refractivity contribution in [2.45, 2.75) is 91.7 Å². The Hall–Kier alpha value is -0.653. The highest BCUT2D eigenvalue weighted by atomic mass is 35.5. The SMILES string of the molecule is CC[Si](CC)(CC)OC(CCCC(C)(C)C)c1c(Cl)cccc1OC(F)F. The highest BCUT2D eigenvalue weighted by Gasteiger charge is 2.34. The maximum Gasteiger partial charge on any atom is 0.387 e. The predicted octanol–water partition coefficient (Wildman–Crippen LogP) is 8.22. The molecule has 0 fully saturated rings. The molecule has 156 valence electrons. The van der Waals surface area contributed by atoms with E-state index in [9.17, 15) is 8.78 Å². The second-order valence-electron chi connectivity index (χ2n) is 8.33. The van der Waals surface area contributed by atoms with E-state index in [-0.39, 0.29) is 17.3 Å². The van der Waals surface area contributed by atoms with Crippen molar-refractivity contribution < 1.29 is 17.9 Å². The van der Waals surface area contributed by atoms with Gasteiger partial charge < -0.3 is 9.16 Å². The quantitative estimate of drug-likeness (QED) is 0.335. The zero-order chi connectivity index (χ0) is 20.7. The first kappa shape index (κ1) is 24.4. The van der Waals surface area contributed by atoms with Gasteiger partial charge in [-0.2, -0.15) is 8.78 Å². The van der Waals surface area contributed by atoms with Crippen LogP contribution in [0.4, 0.5) is 8.78 Å². The van der Waals surface area contributed by atoms with Crippen molar-refractivity contribution in [2.24, 2.45) is 5.41 Å². The highest BCUT2D eigenvalue weighted by Crippen LogP contribution is 2.41. The third-order valence-electron chi connectivity index (χ3n) is 5.27. The van der Waals surface area contributed by atoms with Crippen molar-refractivity contribution >= 4 is 19.9 Å². The molecule has 0 bridgehead atoms. The van der Waals surface area contributed by atoms with Gasteiger partial charge in [-0.1, -0.05) is 65.6 Å². The normalized spacial score (nSPS) is 13.9. The molecule has 0 saturated carbocycles. The van der Waals surface area contributed by atoms with Crippen LogP contribution in [0.15, 0.2) is 18.2 Å². The lowest BCUT2D eigenvalue weighted by Crippen LogP contribution is -2.37. The van der Waals surface area contributed by atoms with Gasteiger partial charge in [-0.05, 0) is 48.5 Å². The predicted molar refractivity (Wildman–Crippen MR) is 112 cm³/mol. The Morgan fingerprint density at radius 1 is 1.07 bits per heavy atom. The lowest BCUT2D eigenvalue weighted by Gasteiger charge is -2.35. The summed E-state index contributed by atoms with van der Waals surface area (Å²) in [5.41, 5.74) is 0.780. The van der Waals surface area contributed by atoms with Crippen molar-refractivity contribution in [1.82, 2.24) is 0 Å². The Bertz CT molecular complexity index is 564. The fraction of sp³-hybridized carbons (Fsp3) is 0.714. The summed E-state index contributed by atoms with van der Waals surface area (Å²) in [7, 11) is -1.95. The highest BCUT2D eigenvalue weighted by molar-refractivity contribution is 6.73. The molecule has 0 N–H and O–H groups in total. The first-order valence-corrected chi connectivity index (χ1v) is 12.9. The van der Waals surface area contributed by atoms with Gasteiger partial charge in [-0.25, -0.2) is 0 Å². The van der Waals surface area contributed by atoms with Crippen LogP contribution >= 0.6 is 11.6 Å². The summed E-state index contributed by atoms with van der Waals surface area (Å²) < 4.78 is 37.4. The number of rotatable bonds is 11. The van der Waals surface area contributed by atoms with Gasteiger partial charge in [0, 0.05) is 5.56 Å². The zero-order valence-corrected chi connectivity index (χ0v) is 19.3. The molecule has 0 aromatic heterocycles. The molecule has 2 nitrogen and oxygen atoms in total. The number of hydrogen-bond acceptors (Lipinski definition) is 2. The van der Waals surface area contributed by atoms with E-state index in [2.05, 4.69) is 41.5 Å². The average Bonchev–Trinajstić information content (AvgIpc) is 2.57. The van der Waals surface area contributed by atoms with E-state index >= 15 is 0 Å². The van der Waals surface area contributed by atoms with E-state index in [0.29, 0.717) is 10.6 Å². The largest absolute Gasteiger partial charge is 0.434 e. The Morgan fingerprint density at radius 2 is 1.67 bits per heavy atom. The Kier molecular flexibility index (Phi) is 9.73. The Labute approximate surface area is 169 Å². The van der Waals surface area contributed by atoms with Crippen LogP contribution in [0, 0.1) is 5.41 Å². The molecular weight excluding hydrogens is 386 g/mol. The molecule has 1 aromatic rings. The smallest absolute Gasteiger partial charge is 0.387 e. The van der Waals surface area contributed by atoms with Crippen molar-refractivity contribution in [1.29, 1.82) is 0 Å². The summed E-state index contributed by atoms with van der Waals surface area (Å²) in [6.45, 7) is 10.2. The van der Waals surface area contributed by atoms with Crippen molar-refractivity contribution in [3.63, 3.8) is 0 Å². The Morgan fingerprint density at radius 3 is 2.15 bits per heavy atom. The van der Waals surface area contributed by atoms with Crippen molar-refractivity contribution in [3.05, 3.63) is 28.8 Å². The molecule has 1 unspecified atom stereocenters. The van der Waals surface area contributed by atoms with E-state index in [4.69, 9.17) is 20.8 Å². The van der Waals surface area contributed by atoms with Gasteiger partial charge in [0.05, 0.1) is 11.1 Å². The molecule has 6 heteroatoms. The molecule has 27 heavy (non-hydrogen) atoms. The molecule has 0 aliphatic heterocycles. The molecule has 1 atom stereocenters. The van der Waals surface area contributed by atoms with Gasteiger partial charge >= 0.3 is 6.61 Å². The van der Waals surface area contributed by atoms with Crippen LogP contribution in [-0.4, -0.2) is 14.9 Å². The lowest BCUT2D eigenvalue weighted by molar-refractivity contribution is -0.0515. The fourth-order valence-corrected chi connectivity index (χ4v) is 6.54. The zero-order valence-electron chi connectivity index (χ0n) is 17.6. The summed E-state index contributed by atoms with van der Waals surface area (Å²) in [5, 5.41) is 0.431. The second kappa shape index (κ2) is 10.8. The standard InChI is InChI=1S/C21H35ClF2O2Si/c1-7-27(8-2,9-3)26-18(14-11-15-21(4,5)6)19-16(22)12-10-13-17(19)25-20(23)24/h10,12-13,18,20H,7-9,11,14-15H2,1-6H3. The van der Waals surface area contributed by atoms with Crippen LogP contribution < -0.4 is 4.74 Å². The average molecular weight is 421 g/mol. The molecule has 0 saturated heterocycles. The molecule has 0 heterocycles. The minimum absolute atomic E-state index is 0.129. The van der Waals surface area contributed by atoms with E-state index < -0.39 is 14.9 Å². The van der Waals surface area contributed by atoms with Gasteiger partial charge in [0.1, 0.15) is 5.75 Å². The molecule has 1 aromatic carbocycles. The maximum atomic E-state index is 12.9. The van der Waals surface area contributed by atoms with Crippen LogP contribution in [0.2, 0.25) is 23.2 Å². The van der Waals surface area contributed by atoms with Crippen molar-refractivity contribution in [3.8, 4) is 5.75 Å². The van der Waals surface area contributed by atoms with Gasteiger partial charge in [-0.3, -0.25) is 0 Å². The van der Waals surface area contributed by atoms with E-state index in [1.807, 2.05) is 0 Å². The van der Waals surface area contributed by atoms with Gasteiger partial charge in [0.2, 0.25) is 0 Å². The third kappa shape index (κ3) is 7.70. The minimum Gasteiger partial charge on any atom is -0.434 e. The van der Waals surface area contributed by atoms with Crippen LogP contribution in [0.3, 0.4) is 0 Å². The number of hydrogen-bond donors (Lipinski definition) is 0. The monoisotopic (exact) mass is 420 g/mol. The van der Waals surface area contributed by atoms with Crippen LogP contribution in [0.25, 0.3) is 0 Å². The number of ether oxygens (including phenoxy) is 1. The molecule has 0 aliphatic rings.